The molecule has 0 radical (unpaired) electrons. The van der Waals surface area contributed by atoms with E-state index in [4.69, 9.17) is 14.2 Å². The topological polar surface area (TPSA) is 44.8 Å². The second-order valence-electron chi connectivity index (χ2n) is 8.22. The molecule has 1 fully saturated rings. The van der Waals surface area contributed by atoms with Crippen molar-refractivity contribution in [3.05, 3.63) is 89.7 Å². The first-order valence-electron chi connectivity index (χ1n) is 10.0. The summed E-state index contributed by atoms with van der Waals surface area (Å²) in [6.07, 6.45) is -0.359. The summed E-state index contributed by atoms with van der Waals surface area (Å²) in [7, 11) is 0. The van der Waals surface area contributed by atoms with Crippen LogP contribution in [0, 0.1) is 28.8 Å². The van der Waals surface area contributed by atoms with Crippen molar-refractivity contribution in [3.63, 3.8) is 0 Å². The lowest BCUT2D eigenvalue weighted by Gasteiger charge is -2.09. The van der Waals surface area contributed by atoms with Gasteiger partial charge >= 0.3 is 5.97 Å². The van der Waals surface area contributed by atoms with Gasteiger partial charge in [0, 0.05) is 11.5 Å². The van der Waals surface area contributed by atoms with Gasteiger partial charge in [-0.3, -0.25) is 4.79 Å². The molecule has 1 saturated carbocycles. The van der Waals surface area contributed by atoms with Crippen LogP contribution in [0.1, 0.15) is 19.4 Å². The number of hydrogen-bond acceptors (Lipinski definition) is 4. The molecule has 0 aromatic heterocycles. The van der Waals surface area contributed by atoms with Crippen molar-refractivity contribution in [2.75, 3.05) is 0 Å². The molecule has 2 unspecified atom stereocenters. The van der Waals surface area contributed by atoms with E-state index in [1.54, 1.807) is 24.3 Å². The van der Waals surface area contributed by atoms with Gasteiger partial charge in [-0.15, -0.1) is 0 Å². The minimum absolute atomic E-state index is 0.0554. The molecule has 2 atom stereocenters. The second-order valence-corrected chi connectivity index (χ2v) is 8.22. The molecule has 166 valence electrons. The molecule has 0 N–H and O–H groups in total. The van der Waals surface area contributed by atoms with Gasteiger partial charge in [-0.05, 0) is 54.1 Å². The molecule has 0 saturated heterocycles. The molecule has 3 aromatic carbocycles. The van der Waals surface area contributed by atoms with Crippen LogP contribution < -0.4 is 9.47 Å². The minimum atomic E-state index is -0.799. The standard InChI is InChI=1S/C25H21F3O4/c1-25(2)22(23(25)32-19-10-5-16(26)6-11-19)24(29)30-14-15-3-8-18(9-4-15)31-21-12-7-17(27)13-20(21)28/h3-13,22-23H,14H2,1-2H3. The molecule has 32 heavy (non-hydrogen) atoms. The Morgan fingerprint density at radius 3 is 2.16 bits per heavy atom. The highest BCUT2D eigenvalue weighted by molar-refractivity contribution is 5.78. The number of halogens is 3. The minimum Gasteiger partial charge on any atom is -0.489 e. The summed E-state index contributed by atoms with van der Waals surface area (Å²) < 4.78 is 56.4. The van der Waals surface area contributed by atoms with Crippen molar-refractivity contribution in [3.8, 4) is 17.2 Å². The van der Waals surface area contributed by atoms with Crippen LogP contribution in [-0.4, -0.2) is 12.1 Å². The fourth-order valence-corrected chi connectivity index (χ4v) is 3.48. The third-order valence-electron chi connectivity index (χ3n) is 5.49. The SMILES string of the molecule is CC1(C)C(Oc2ccc(F)cc2)C1C(=O)OCc1ccc(Oc2ccc(F)cc2F)cc1. The first-order chi connectivity index (χ1) is 15.2. The summed E-state index contributed by atoms with van der Waals surface area (Å²) in [6.45, 7) is 3.88. The number of carbonyl (C=O) groups is 1. The number of carbonyl (C=O) groups excluding carboxylic acids is 1. The monoisotopic (exact) mass is 442 g/mol. The van der Waals surface area contributed by atoms with Gasteiger partial charge in [-0.1, -0.05) is 26.0 Å². The fraction of sp³-hybridized carbons (Fsp3) is 0.240. The molecule has 4 nitrogen and oxygen atoms in total. The fourth-order valence-electron chi connectivity index (χ4n) is 3.48. The highest BCUT2D eigenvalue weighted by atomic mass is 19.1. The third-order valence-corrected chi connectivity index (χ3v) is 5.49. The van der Waals surface area contributed by atoms with Crippen LogP contribution in [0.2, 0.25) is 0 Å². The van der Waals surface area contributed by atoms with Crippen molar-refractivity contribution in [2.24, 2.45) is 11.3 Å². The van der Waals surface area contributed by atoms with Crippen LogP contribution in [-0.2, 0) is 16.1 Å². The van der Waals surface area contributed by atoms with E-state index in [1.807, 2.05) is 13.8 Å². The van der Waals surface area contributed by atoms with Gasteiger partial charge in [-0.25, -0.2) is 13.2 Å². The smallest absolute Gasteiger partial charge is 0.313 e. The molecule has 0 amide bonds. The summed E-state index contributed by atoms with van der Waals surface area (Å²) in [5.41, 5.74) is 0.322. The lowest BCUT2D eigenvalue weighted by molar-refractivity contribution is -0.147. The van der Waals surface area contributed by atoms with Crippen LogP contribution in [0.3, 0.4) is 0 Å². The average Bonchev–Trinajstić information content (AvgIpc) is 3.30. The zero-order valence-corrected chi connectivity index (χ0v) is 17.5. The number of benzene rings is 3. The van der Waals surface area contributed by atoms with Gasteiger partial charge in [0.2, 0.25) is 0 Å². The molecule has 0 heterocycles. The molecule has 7 heteroatoms. The van der Waals surface area contributed by atoms with Crippen molar-refractivity contribution in [2.45, 2.75) is 26.6 Å². The van der Waals surface area contributed by atoms with Crippen LogP contribution >= 0.6 is 0 Å². The Morgan fingerprint density at radius 2 is 1.50 bits per heavy atom. The van der Waals surface area contributed by atoms with E-state index in [0.29, 0.717) is 11.5 Å². The molecular weight excluding hydrogens is 421 g/mol. The Kier molecular flexibility index (Phi) is 5.82. The molecule has 0 spiro atoms. The molecule has 0 aliphatic heterocycles. The van der Waals surface area contributed by atoms with Crippen LogP contribution in [0.4, 0.5) is 13.2 Å². The van der Waals surface area contributed by atoms with Crippen molar-refractivity contribution in [1.29, 1.82) is 0 Å². The number of rotatable bonds is 7. The number of ether oxygens (including phenoxy) is 3. The average molecular weight is 442 g/mol. The molecule has 0 bridgehead atoms. The Bertz CT molecular complexity index is 1110. The maximum atomic E-state index is 13.7. The van der Waals surface area contributed by atoms with E-state index in [0.717, 1.165) is 17.7 Å². The first kappa shape index (κ1) is 21.7. The van der Waals surface area contributed by atoms with E-state index in [2.05, 4.69) is 0 Å². The third kappa shape index (κ3) is 4.72. The quantitative estimate of drug-likeness (QED) is 0.419. The number of hydrogen-bond donors (Lipinski definition) is 0. The van der Waals surface area contributed by atoms with Gasteiger partial charge in [0.15, 0.2) is 11.6 Å². The van der Waals surface area contributed by atoms with Crippen molar-refractivity contribution >= 4 is 5.97 Å². The van der Waals surface area contributed by atoms with Crippen LogP contribution in [0.5, 0.6) is 17.2 Å². The van der Waals surface area contributed by atoms with E-state index in [9.17, 15) is 18.0 Å². The van der Waals surface area contributed by atoms with Gasteiger partial charge in [-0.2, -0.15) is 0 Å². The van der Waals surface area contributed by atoms with Gasteiger partial charge in [0.1, 0.15) is 41.8 Å². The highest BCUT2D eigenvalue weighted by Crippen LogP contribution is 2.54. The summed E-state index contributed by atoms with van der Waals surface area (Å²) in [6, 6.07) is 15.3. The second kappa shape index (κ2) is 8.57. The Balaban J connectivity index is 1.31. The largest absolute Gasteiger partial charge is 0.489 e. The summed E-state index contributed by atoms with van der Waals surface area (Å²) in [4.78, 5) is 12.6. The van der Waals surface area contributed by atoms with Crippen molar-refractivity contribution in [1.82, 2.24) is 0 Å². The highest BCUT2D eigenvalue weighted by Gasteiger charge is 2.65. The molecule has 1 aliphatic rings. The van der Waals surface area contributed by atoms with E-state index >= 15 is 0 Å². The molecule has 1 aliphatic carbocycles. The number of esters is 1. The Hall–Kier alpha value is -3.48. The van der Waals surface area contributed by atoms with Crippen LogP contribution in [0.15, 0.2) is 66.7 Å². The molecule has 3 aromatic rings. The first-order valence-corrected chi connectivity index (χ1v) is 10.0. The van der Waals surface area contributed by atoms with Gasteiger partial charge in [0.25, 0.3) is 0 Å². The van der Waals surface area contributed by atoms with Crippen molar-refractivity contribution < 1.29 is 32.2 Å². The Labute approximate surface area is 183 Å². The van der Waals surface area contributed by atoms with E-state index in [-0.39, 0.29) is 30.2 Å². The van der Waals surface area contributed by atoms with Gasteiger partial charge < -0.3 is 14.2 Å². The zero-order chi connectivity index (χ0) is 22.9. The maximum absolute atomic E-state index is 13.7. The van der Waals surface area contributed by atoms with Crippen LogP contribution in [0.25, 0.3) is 0 Å². The predicted octanol–water partition coefficient (Wildman–Crippen LogP) is 6.04. The molecule has 4 rings (SSSR count). The molecular formula is C25H21F3O4. The summed E-state index contributed by atoms with van der Waals surface area (Å²) in [5, 5.41) is 0. The van der Waals surface area contributed by atoms with Gasteiger partial charge in [0.05, 0.1) is 0 Å². The zero-order valence-electron chi connectivity index (χ0n) is 17.5. The lowest BCUT2D eigenvalue weighted by Crippen LogP contribution is -2.12. The normalized spacial score (nSPS) is 18.7. The maximum Gasteiger partial charge on any atom is 0.313 e. The predicted molar refractivity (Wildman–Crippen MR) is 111 cm³/mol. The van der Waals surface area contributed by atoms with E-state index in [1.165, 1.54) is 30.3 Å². The summed E-state index contributed by atoms with van der Waals surface area (Å²) in [5.74, 6) is -1.89. The Morgan fingerprint density at radius 1 is 0.875 bits per heavy atom. The lowest BCUT2D eigenvalue weighted by atomic mass is 10.1. The summed E-state index contributed by atoms with van der Waals surface area (Å²) >= 11 is 0. The van der Waals surface area contributed by atoms with E-state index < -0.39 is 23.0 Å².